The van der Waals surface area contributed by atoms with Crippen molar-refractivity contribution in [2.45, 2.75) is 12.5 Å². The van der Waals surface area contributed by atoms with Crippen molar-refractivity contribution in [3.63, 3.8) is 0 Å². The van der Waals surface area contributed by atoms with Gasteiger partial charge in [-0.05, 0) is 0 Å². The molecular weight excluding hydrogens is 236 g/mol. The molecule has 0 fully saturated rings. The number of aliphatic carboxylic acids is 2. The third-order valence-corrected chi connectivity index (χ3v) is 1.60. The minimum absolute atomic E-state index is 0.443. The molecule has 0 spiro atoms. The number of rotatable bonds is 6. The van der Waals surface area contributed by atoms with E-state index in [0.29, 0.717) is 0 Å². The molecule has 0 heterocycles. The number of urea groups is 1. The van der Waals surface area contributed by atoms with Crippen molar-refractivity contribution in [3.8, 4) is 0 Å². The van der Waals surface area contributed by atoms with Crippen LogP contribution in [0.25, 0.3) is 0 Å². The topological polar surface area (TPSA) is 142 Å². The van der Waals surface area contributed by atoms with Crippen LogP contribution < -0.4 is 10.6 Å². The standard InChI is InChI=1S/C8H12N2O7/c1-17-6(13)3-9-8(16)10-4(7(14)15)2-5(11)12/h4H,2-3H2,1H3,(H,11,12)(H,14,15)(H2,9,10,16)/t4-/m1/s1. The van der Waals surface area contributed by atoms with Gasteiger partial charge in [-0.15, -0.1) is 0 Å². The van der Waals surface area contributed by atoms with E-state index in [-0.39, 0.29) is 0 Å². The first-order valence-corrected chi connectivity index (χ1v) is 4.42. The number of carboxylic acids is 2. The lowest BCUT2D eigenvalue weighted by Crippen LogP contribution is -2.48. The van der Waals surface area contributed by atoms with Crippen LogP contribution in [0.2, 0.25) is 0 Å². The SMILES string of the molecule is COC(=O)CNC(=O)N[C@H](CC(=O)O)C(=O)O. The van der Waals surface area contributed by atoms with Crippen LogP contribution in [-0.4, -0.2) is 53.8 Å². The van der Waals surface area contributed by atoms with Crippen molar-refractivity contribution in [1.29, 1.82) is 0 Å². The monoisotopic (exact) mass is 248 g/mol. The number of hydrogen-bond donors (Lipinski definition) is 4. The Morgan fingerprint density at radius 1 is 1.24 bits per heavy atom. The highest BCUT2D eigenvalue weighted by Gasteiger charge is 2.22. The first-order chi connectivity index (χ1) is 7.86. The Balaban J connectivity index is 4.17. The molecule has 0 saturated carbocycles. The summed E-state index contributed by atoms with van der Waals surface area (Å²) in [5, 5.41) is 20.9. The van der Waals surface area contributed by atoms with Crippen molar-refractivity contribution in [1.82, 2.24) is 10.6 Å². The molecule has 0 aliphatic heterocycles. The number of carbonyl (C=O) groups excluding carboxylic acids is 2. The van der Waals surface area contributed by atoms with Gasteiger partial charge in [0.15, 0.2) is 0 Å². The molecule has 9 nitrogen and oxygen atoms in total. The second kappa shape index (κ2) is 7.04. The van der Waals surface area contributed by atoms with Gasteiger partial charge in [0.05, 0.1) is 13.5 Å². The van der Waals surface area contributed by atoms with Crippen LogP contribution in [0.1, 0.15) is 6.42 Å². The van der Waals surface area contributed by atoms with E-state index in [1.54, 1.807) is 0 Å². The maximum Gasteiger partial charge on any atom is 0.326 e. The first-order valence-electron chi connectivity index (χ1n) is 4.42. The predicted molar refractivity (Wildman–Crippen MR) is 52.2 cm³/mol. The van der Waals surface area contributed by atoms with E-state index in [0.717, 1.165) is 7.11 Å². The summed E-state index contributed by atoms with van der Waals surface area (Å²) < 4.78 is 4.23. The summed E-state index contributed by atoms with van der Waals surface area (Å²) in [5.74, 6) is -3.57. The summed E-state index contributed by atoms with van der Waals surface area (Å²) in [6, 6.07) is -2.53. The Kier molecular flexibility index (Phi) is 6.08. The minimum Gasteiger partial charge on any atom is -0.481 e. The first kappa shape index (κ1) is 14.7. The van der Waals surface area contributed by atoms with Crippen LogP contribution in [0.15, 0.2) is 0 Å². The van der Waals surface area contributed by atoms with E-state index in [4.69, 9.17) is 10.2 Å². The Hall–Kier alpha value is -2.32. The summed E-state index contributed by atoms with van der Waals surface area (Å²) in [4.78, 5) is 42.6. The average molecular weight is 248 g/mol. The normalized spacial score (nSPS) is 11.1. The molecule has 0 bridgehead atoms. The quantitative estimate of drug-likeness (QED) is 0.414. The zero-order valence-electron chi connectivity index (χ0n) is 8.93. The Morgan fingerprint density at radius 2 is 1.82 bits per heavy atom. The van der Waals surface area contributed by atoms with Crippen molar-refractivity contribution >= 4 is 23.9 Å². The number of hydrogen-bond acceptors (Lipinski definition) is 5. The lowest BCUT2D eigenvalue weighted by Gasteiger charge is -2.12. The Bertz CT molecular complexity index is 328. The number of nitrogens with one attached hydrogen (secondary N) is 2. The van der Waals surface area contributed by atoms with E-state index in [2.05, 4.69) is 4.74 Å². The van der Waals surface area contributed by atoms with E-state index in [9.17, 15) is 19.2 Å². The van der Waals surface area contributed by atoms with Gasteiger partial charge in [0, 0.05) is 0 Å². The van der Waals surface area contributed by atoms with Crippen molar-refractivity contribution in [3.05, 3.63) is 0 Å². The number of methoxy groups -OCH3 is 1. The van der Waals surface area contributed by atoms with Gasteiger partial charge >= 0.3 is 23.9 Å². The smallest absolute Gasteiger partial charge is 0.326 e. The summed E-state index contributed by atoms with van der Waals surface area (Å²) in [7, 11) is 1.12. The molecule has 0 saturated heterocycles. The summed E-state index contributed by atoms with van der Waals surface area (Å²) in [6.07, 6.45) is -0.763. The molecule has 0 radical (unpaired) electrons. The molecule has 0 unspecified atom stereocenters. The van der Waals surface area contributed by atoms with Gasteiger partial charge < -0.3 is 25.6 Å². The van der Waals surface area contributed by atoms with Gasteiger partial charge in [-0.3, -0.25) is 9.59 Å². The van der Waals surface area contributed by atoms with E-state index in [1.807, 2.05) is 10.6 Å². The molecule has 1 atom stereocenters. The van der Waals surface area contributed by atoms with E-state index < -0.39 is 42.9 Å². The molecule has 9 heteroatoms. The predicted octanol–water partition coefficient (Wildman–Crippen LogP) is -1.61. The van der Waals surface area contributed by atoms with Gasteiger partial charge in [-0.25, -0.2) is 9.59 Å². The second-order valence-corrected chi connectivity index (χ2v) is 2.89. The summed E-state index contributed by atoms with van der Waals surface area (Å²) in [6.45, 7) is -0.443. The lowest BCUT2D eigenvalue weighted by molar-refractivity contribution is -0.145. The molecule has 0 aromatic carbocycles. The molecular formula is C8H12N2O7. The fourth-order valence-electron chi connectivity index (χ4n) is 0.809. The van der Waals surface area contributed by atoms with E-state index >= 15 is 0 Å². The van der Waals surface area contributed by atoms with Crippen LogP contribution >= 0.6 is 0 Å². The Labute approximate surface area is 95.7 Å². The molecule has 0 rings (SSSR count). The van der Waals surface area contributed by atoms with Gasteiger partial charge in [0.25, 0.3) is 0 Å². The van der Waals surface area contributed by atoms with Gasteiger partial charge in [-0.2, -0.15) is 0 Å². The molecule has 0 aliphatic carbocycles. The molecule has 4 N–H and O–H groups in total. The fourth-order valence-corrected chi connectivity index (χ4v) is 0.809. The maximum absolute atomic E-state index is 11.1. The number of carbonyl (C=O) groups is 4. The third-order valence-electron chi connectivity index (χ3n) is 1.60. The fraction of sp³-hybridized carbons (Fsp3) is 0.500. The number of carboxylic acid groups (broad SMARTS) is 2. The zero-order chi connectivity index (χ0) is 13.4. The molecule has 0 aliphatic rings. The van der Waals surface area contributed by atoms with E-state index in [1.165, 1.54) is 0 Å². The van der Waals surface area contributed by atoms with Crippen LogP contribution in [0, 0.1) is 0 Å². The summed E-state index contributed by atoms with van der Waals surface area (Å²) >= 11 is 0. The highest BCUT2D eigenvalue weighted by atomic mass is 16.5. The van der Waals surface area contributed by atoms with Crippen LogP contribution in [0.4, 0.5) is 4.79 Å². The molecule has 17 heavy (non-hydrogen) atoms. The molecule has 96 valence electrons. The van der Waals surface area contributed by atoms with Crippen LogP contribution in [-0.2, 0) is 19.1 Å². The lowest BCUT2D eigenvalue weighted by atomic mass is 10.2. The molecule has 0 aromatic heterocycles. The average Bonchev–Trinajstić information content (AvgIpc) is 2.24. The van der Waals surface area contributed by atoms with Gasteiger partial charge in [0.2, 0.25) is 0 Å². The largest absolute Gasteiger partial charge is 0.481 e. The van der Waals surface area contributed by atoms with Crippen molar-refractivity contribution in [2.75, 3.05) is 13.7 Å². The van der Waals surface area contributed by atoms with Gasteiger partial charge in [0.1, 0.15) is 12.6 Å². The van der Waals surface area contributed by atoms with Crippen LogP contribution in [0.3, 0.4) is 0 Å². The van der Waals surface area contributed by atoms with Crippen molar-refractivity contribution in [2.24, 2.45) is 0 Å². The number of amides is 2. The third kappa shape index (κ3) is 6.71. The summed E-state index contributed by atoms with van der Waals surface area (Å²) in [5.41, 5.74) is 0. The van der Waals surface area contributed by atoms with Gasteiger partial charge in [-0.1, -0.05) is 0 Å². The number of esters is 1. The highest BCUT2D eigenvalue weighted by Crippen LogP contribution is 1.92. The minimum atomic E-state index is -1.56. The maximum atomic E-state index is 11.1. The second-order valence-electron chi connectivity index (χ2n) is 2.89. The zero-order valence-corrected chi connectivity index (χ0v) is 8.93. The Morgan fingerprint density at radius 3 is 2.24 bits per heavy atom. The molecule has 2 amide bonds. The molecule has 0 aromatic rings. The number of ether oxygens (including phenoxy) is 1. The van der Waals surface area contributed by atoms with Crippen LogP contribution in [0.5, 0.6) is 0 Å². The highest BCUT2D eigenvalue weighted by molar-refractivity contribution is 5.87. The van der Waals surface area contributed by atoms with Crippen molar-refractivity contribution < 1.29 is 34.1 Å².